The van der Waals surface area contributed by atoms with Crippen LogP contribution in [0.1, 0.15) is 78.7 Å². The van der Waals surface area contributed by atoms with Gasteiger partial charge in [0.2, 0.25) is 0 Å². The molecule has 2 aromatic rings. The Morgan fingerprint density at radius 2 is 1.63 bits per heavy atom. The lowest BCUT2D eigenvalue weighted by molar-refractivity contribution is -0.117. The van der Waals surface area contributed by atoms with E-state index >= 15 is 0 Å². The number of hydrogen-bond acceptors (Lipinski definition) is 5. The van der Waals surface area contributed by atoms with Crippen LogP contribution in [0.3, 0.4) is 0 Å². The summed E-state index contributed by atoms with van der Waals surface area (Å²) in [7, 11) is 1.89. The van der Waals surface area contributed by atoms with Gasteiger partial charge >= 0.3 is 0 Å². The fourth-order valence-corrected chi connectivity index (χ4v) is 2.14. The van der Waals surface area contributed by atoms with Gasteiger partial charge < -0.3 is 4.79 Å². The number of rotatable bonds is 6. The molecular weight excluding hydrogens is 340 g/mol. The van der Waals surface area contributed by atoms with Crippen LogP contribution in [0.15, 0.2) is 12.4 Å². The van der Waals surface area contributed by atoms with Crippen molar-refractivity contribution in [1.29, 1.82) is 0 Å². The van der Waals surface area contributed by atoms with Crippen LogP contribution in [0.2, 0.25) is 0 Å². The number of hydrogen-bond donors (Lipinski definition) is 0. The van der Waals surface area contributed by atoms with Gasteiger partial charge in [-0.05, 0) is 52.4 Å². The summed E-state index contributed by atoms with van der Waals surface area (Å²) in [4.78, 5) is 10.3. The molecule has 0 saturated carbocycles. The Bertz CT molecular complexity index is 642. The second-order valence-corrected chi connectivity index (χ2v) is 8.05. The third-order valence-corrected chi connectivity index (χ3v) is 3.48. The topological polar surface area (TPSA) is 78.5 Å². The van der Waals surface area contributed by atoms with E-state index in [0.717, 1.165) is 30.1 Å². The molecule has 0 aliphatic carbocycles. The number of carbonyl (C=O) groups is 1. The van der Waals surface area contributed by atoms with Crippen molar-refractivity contribution in [1.82, 2.24) is 30.0 Å². The van der Waals surface area contributed by atoms with Crippen molar-refractivity contribution in [3.63, 3.8) is 0 Å². The first-order chi connectivity index (χ1) is 12.5. The van der Waals surface area contributed by atoms with Gasteiger partial charge in [0.15, 0.2) is 0 Å². The third-order valence-electron chi connectivity index (χ3n) is 3.48. The molecule has 154 valence electrons. The Hall–Kier alpha value is -2.05. The lowest BCUT2D eigenvalue weighted by atomic mass is 10.1. The van der Waals surface area contributed by atoms with Crippen LogP contribution in [0.4, 0.5) is 0 Å². The lowest BCUT2D eigenvalue weighted by Crippen LogP contribution is -2.00. The van der Waals surface area contributed by atoms with Gasteiger partial charge in [-0.15, -0.1) is 10.2 Å². The zero-order valence-corrected chi connectivity index (χ0v) is 18.6. The van der Waals surface area contributed by atoms with Gasteiger partial charge in [0.05, 0.1) is 11.4 Å². The summed E-state index contributed by atoms with van der Waals surface area (Å²) in [6.45, 7) is 16.2. The van der Waals surface area contributed by atoms with E-state index in [-0.39, 0.29) is 5.78 Å². The van der Waals surface area contributed by atoms with E-state index in [9.17, 15) is 4.79 Å². The van der Waals surface area contributed by atoms with Crippen LogP contribution < -0.4 is 0 Å². The summed E-state index contributed by atoms with van der Waals surface area (Å²) < 4.78 is 3.59. The zero-order chi connectivity index (χ0) is 21.0. The molecule has 27 heavy (non-hydrogen) atoms. The molecule has 2 aromatic heterocycles. The van der Waals surface area contributed by atoms with Crippen LogP contribution in [0, 0.1) is 18.8 Å². The molecule has 0 amide bonds. The summed E-state index contributed by atoms with van der Waals surface area (Å²) in [6.07, 6.45) is 6.87. The van der Waals surface area contributed by atoms with E-state index in [4.69, 9.17) is 0 Å². The molecule has 0 fully saturated rings. The van der Waals surface area contributed by atoms with Crippen molar-refractivity contribution in [2.45, 2.75) is 80.7 Å². The predicted octanol–water partition coefficient (Wildman–Crippen LogP) is 4.19. The first kappa shape index (κ1) is 24.9. The average Bonchev–Trinajstić information content (AvgIpc) is 3.13. The number of aromatic nitrogens is 6. The van der Waals surface area contributed by atoms with Crippen molar-refractivity contribution >= 4 is 5.78 Å². The molecular formula is C20H38N6O. The predicted molar refractivity (Wildman–Crippen MR) is 109 cm³/mol. The standard InChI is InChI=1S/C8H15N3.C6H11N3.C6H12O/c1-7(2)4-5-8-6-11(3)10-9-8;1-5(2)9-4-6(3)7-8-9;1-5(2)4-6(3)7/h6-7H,4-5H2,1-3H3;4-5H,1-3H3;5H,4H2,1-3H3. The largest absolute Gasteiger partial charge is 0.300 e. The van der Waals surface area contributed by atoms with E-state index in [0.29, 0.717) is 12.0 Å². The van der Waals surface area contributed by atoms with Crippen molar-refractivity contribution in [3.8, 4) is 0 Å². The van der Waals surface area contributed by atoms with Crippen LogP contribution in [0.5, 0.6) is 0 Å². The minimum Gasteiger partial charge on any atom is -0.300 e. The highest BCUT2D eigenvalue weighted by atomic mass is 16.1. The molecule has 0 unspecified atom stereocenters. The fourth-order valence-electron chi connectivity index (χ4n) is 2.14. The van der Waals surface area contributed by atoms with Gasteiger partial charge in [-0.2, -0.15) is 0 Å². The first-order valence-electron chi connectivity index (χ1n) is 9.74. The smallest absolute Gasteiger partial charge is 0.130 e. The van der Waals surface area contributed by atoms with Crippen molar-refractivity contribution in [2.24, 2.45) is 18.9 Å². The molecule has 0 radical (unpaired) electrons. The lowest BCUT2D eigenvalue weighted by Gasteiger charge is -2.00. The van der Waals surface area contributed by atoms with Crippen LogP contribution >= 0.6 is 0 Å². The zero-order valence-electron chi connectivity index (χ0n) is 18.6. The number of ketones is 1. The van der Waals surface area contributed by atoms with Crippen molar-refractivity contribution in [2.75, 3.05) is 0 Å². The minimum atomic E-state index is 0.287. The molecule has 0 spiro atoms. The van der Waals surface area contributed by atoms with Crippen molar-refractivity contribution < 1.29 is 4.79 Å². The van der Waals surface area contributed by atoms with E-state index < -0.39 is 0 Å². The van der Waals surface area contributed by atoms with E-state index in [1.807, 2.05) is 44.9 Å². The normalized spacial score (nSPS) is 10.5. The second kappa shape index (κ2) is 13.2. The van der Waals surface area contributed by atoms with E-state index in [1.165, 1.54) is 6.42 Å². The molecule has 0 aromatic carbocycles. The molecule has 2 rings (SSSR count). The Kier molecular flexibility index (Phi) is 12.2. The maximum Gasteiger partial charge on any atom is 0.130 e. The highest BCUT2D eigenvalue weighted by Crippen LogP contribution is 2.05. The molecule has 0 saturated heterocycles. The molecule has 0 aliphatic heterocycles. The van der Waals surface area contributed by atoms with Crippen LogP contribution in [0.25, 0.3) is 0 Å². The number of nitrogens with zero attached hydrogens (tertiary/aromatic N) is 6. The monoisotopic (exact) mass is 378 g/mol. The summed E-state index contributed by atoms with van der Waals surface area (Å²) in [5, 5.41) is 15.6. The van der Waals surface area contributed by atoms with Crippen LogP contribution in [-0.2, 0) is 18.3 Å². The average molecular weight is 379 g/mol. The summed E-state index contributed by atoms with van der Waals surface area (Å²) in [6, 6.07) is 0.422. The molecule has 2 heterocycles. The summed E-state index contributed by atoms with van der Waals surface area (Å²) in [5.74, 6) is 1.56. The molecule has 7 nitrogen and oxygen atoms in total. The summed E-state index contributed by atoms with van der Waals surface area (Å²) in [5.41, 5.74) is 2.07. The maximum atomic E-state index is 10.3. The highest BCUT2D eigenvalue weighted by molar-refractivity contribution is 5.75. The van der Waals surface area contributed by atoms with Crippen LogP contribution in [-0.4, -0.2) is 35.8 Å². The SMILES string of the molecule is CC(=O)CC(C)C.CC(C)CCc1cn(C)nn1.Cc1cn(C(C)C)nn1. The van der Waals surface area contributed by atoms with Gasteiger partial charge in [-0.3, -0.25) is 4.68 Å². The maximum absolute atomic E-state index is 10.3. The molecule has 0 aliphatic rings. The van der Waals surface area contributed by atoms with Gasteiger partial charge in [0.1, 0.15) is 5.78 Å². The Morgan fingerprint density at radius 1 is 1.00 bits per heavy atom. The quantitative estimate of drug-likeness (QED) is 0.753. The Balaban J connectivity index is 0.000000387. The van der Waals surface area contributed by atoms with Gasteiger partial charge in [0, 0.05) is 31.9 Å². The van der Waals surface area contributed by atoms with E-state index in [1.54, 1.807) is 11.6 Å². The molecule has 0 bridgehead atoms. The highest BCUT2D eigenvalue weighted by Gasteiger charge is 1.99. The minimum absolute atomic E-state index is 0.287. The Morgan fingerprint density at radius 3 is 1.89 bits per heavy atom. The number of carbonyl (C=O) groups excluding carboxylic acids is 1. The second-order valence-electron chi connectivity index (χ2n) is 8.05. The molecule has 7 heteroatoms. The van der Waals surface area contributed by atoms with Gasteiger partial charge in [0.25, 0.3) is 0 Å². The number of aryl methyl sites for hydroxylation is 3. The van der Waals surface area contributed by atoms with E-state index in [2.05, 4.69) is 48.3 Å². The number of Topliss-reactive ketones (excluding diaryl/α,β-unsaturated/α-hetero) is 1. The van der Waals surface area contributed by atoms with Gasteiger partial charge in [-0.25, -0.2) is 4.68 Å². The summed E-state index contributed by atoms with van der Waals surface area (Å²) >= 11 is 0. The Labute approximate surface area is 164 Å². The first-order valence-corrected chi connectivity index (χ1v) is 9.74. The molecule has 0 N–H and O–H groups in total. The fraction of sp³-hybridized carbons (Fsp3) is 0.750. The molecule has 0 atom stereocenters. The van der Waals surface area contributed by atoms with Gasteiger partial charge in [-0.1, -0.05) is 38.1 Å². The third kappa shape index (κ3) is 13.8. The van der Waals surface area contributed by atoms with Crippen molar-refractivity contribution in [3.05, 3.63) is 23.8 Å².